The molecule has 5 atom stereocenters. The molecule has 0 radical (unpaired) electrons. The maximum Gasteiger partial charge on any atom is 0.490 e. The van der Waals surface area contributed by atoms with Gasteiger partial charge in [-0.05, 0) is 0 Å². The SMILES string of the molecule is NCCC(=O)NCC#Cc1cn(C2CC(O)C(COP(=O)(O)OP(=O)(O)OP(=O)(O)O)O2)c(=O)nc1N. The van der Waals surface area contributed by atoms with Crippen molar-refractivity contribution in [3.8, 4) is 11.8 Å². The number of ether oxygens (including phenoxy) is 1. The monoisotopic (exact) mass is 591 g/mol. The van der Waals surface area contributed by atoms with Crippen LogP contribution in [-0.2, 0) is 36.4 Å². The van der Waals surface area contributed by atoms with Gasteiger partial charge in [-0.2, -0.15) is 13.6 Å². The van der Waals surface area contributed by atoms with E-state index in [0.717, 1.165) is 4.57 Å². The Kier molecular flexibility index (Phi) is 10.7. The lowest BCUT2D eigenvalue weighted by molar-refractivity contribution is -0.120. The molecule has 1 aromatic rings. The average molecular weight is 591 g/mol. The number of carbonyl (C=O) groups excluding carboxylic acids is 1. The van der Waals surface area contributed by atoms with E-state index in [4.69, 9.17) is 30.9 Å². The second-order valence-electron chi connectivity index (χ2n) is 7.17. The van der Waals surface area contributed by atoms with Gasteiger partial charge in [-0.1, -0.05) is 11.8 Å². The van der Waals surface area contributed by atoms with Crippen molar-refractivity contribution in [2.75, 3.05) is 25.4 Å². The van der Waals surface area contributed by atoms with Gasteiger partial charge in [-0.15, -0.1) is 0 Å². The zero-order valence-corrected chi connectivity index (χ0v) is 21.3. The van der Waals surface area contributed by atoms with E-state index < -0.39 is 54.2 Å². The van der Waals surface area contributed by atoms with Crippen molar-refractivity contribution < 1.29 is 61.1 Å². The van der Waals surface area contributed by atoms with E-state index in [0.29, 0.717) is 0 Å². The molecular formula is C15H24N5O14P3. The zero-order valence-electron chi connectivity index (χ0n) is 18.6. The third kappa shape index (κ3) is 10.3. The lowest BCUT2D eigenvalue weighted by atomic mass is 10.2. The van der Waals surface area contributed by atoms with Gasteiger partial charge in [0.05, 0.1) is 24.8 Å². The van der Waals surface area contributed by atoms with Gasteiger partial charge in [0.1, 0.15) is 18.1 Å². The quantitative estimate of drug-likeness (QED) is 0.0985. The first-order valence-electron chi connectivity index (χ1n) is 9.98. The molecule has 208 valence electrons. The predicted octanol–water partition coefficient (Wildman–Crippen LogP) is -2.37. The zero-order chi connectivity index (χ0) is 28.0. The molecule has 0 aliphatic carbocycles. The fourth-order valence-corrected chi connectivity index (χ4v) is 5.82. The summed E-state index contributed by atoms with van der Waals surface area (Å²) in [6, 6.07) is 0. The molecule has 2 rings (SSSR count). The standard InChI is InChI=1S/C15H24N5O14P3/c16-4-3-12(22)18-5-1-2-9-7-20(15(23)19-14(9)17)13-6-10(21)11(32-13)8-31-36(27,28)34-37(29,30)33-35(24,25)26/h7,10-11,13,21H,3-6,8,16H2,(H,18,22)(H,27,28)(H,29,30)(H2,17,19,23)(H2,24,25,26). The Labute approximate surface area is 208 Å². The van der Waals surface area contributed by atoms with Crippen LogP contribution in [0.15, 0.2) is 11.0 Å². The van der Waals surface area contributed by atoms with Crippen molar-refractivity contribution in [3.05, 3.63) is 22.2 Å². The second kappa shape index (κ2) is 12.7. The molecule has 22 heteroatoms. The minimum absolute atomic E-state index is 0.0429. The Balaban J connectivity index is 2.06. The molecule has 10 N–H and O–H groups in total. The Bertz CT molecular complexity index is 1260. The summed E-state index contributed by atoms with van der Waals surface area (Å²) in [7, 11) is -16.7. The van der Waals surface area contributed by atoms with Gasteiger partial charge in [0, 0.05) is 25.6 Å². The number of aliphatic hydroxyl groups is 1. The molecule has 1 saturated heterocycles. The van der Waals surface area contributed by atoms with E-state index in [1.165, 1.54) is 6.20 Å². The number of hydrogen-bond donors (Lipinski definition) is 8. The number of nitrogen functional groups attached to an aromatic ring is 1. The van der Waals surface area contributed by atoms with Crippen molar-refractivity contribution in [3.63, 3.8) is 0 Å². The maximum atomic E-state index is 12.3. The van der Waals surface area contributed by atoms with Gasteiger partial charge in [0.15, 0.2) is 0 Å². The van der Waals surface area contributed by atoms with E-state index in [1.807, 2.05) is 0 Å². The summed E-state index contributed by atoms with van der Waals surface area (Å²) in [5.41, 5.74) is 10.2. The number of nitrogens with zero attached hydrogens (tertiary/aromatic N) is 2. The smallest absolute Gasteiger partial charge is 0.390 e. The van der Waals surface area contributed by atoms with Crippen molar-refractivity contribution in [1.29, 1.82) is 0 Å². The van der Waals surface area contributed by atoms with Gasteiger partial charge >= 0.3 is 29.2 Å². The summed E-state index contributed by atoms with van der Waals surface area (Å²) in [4.78, 5) is 63.1. The molecule has 19 nitrogen and oxygen atoms in total. The van der Waals surface area contributed by atoms with E-state index in [1.54, 1.807) is 0 Å². The molecular weight excluding hydrogens is 567 g/mol. The van der Waals surface area contributed by atoms with Crippen LogP contribution in [0.25, 0.3) is 0 Å². The Hall–Kier alpha value is -2.00. The molecule has 0 aromatic carbocycles. The third-order valence-corrected chi connectivity index (χ3v) is 8.08. The summed E-state index contributed by atoms with van der Waals surface area (Å²) in [5.74, 6) is 4.70. The number of carbonyl (C=O) groups is 1. The van der Waals surface area contributed by atoms with Crippen LogP contribution < -0.4 is 22.5 Å². The van der Waals surface area contributed by atoms with Crippen LogP contribution in [0.5, 0.6) is 0 Å². The molecule has 5 unspecified atom stereocenters. The number of anilines is 1. The highest BCUT2D eigenvalue weighted by molar-refractivity contribution is 7.66. The number of aliphatic hydroxyl groups excluding tert-OH is 1. The number of nitrogens with one attached hydrogen (secondary N) is 1. The van der Waals surface area contributed by atoms with Gasteiger partial charge in [0.2, 0.25) is 5.91 Å². The fourth-order valence-electron chi connectivity index (χ4n) is 2.79. The number of phosphoric ester groups is 1. The molecule has 1 fully saturated rings. The van der Waals surface area contributed by atoms with Crippen LogP contribution in [0.4, 0.5) is 5.82 Å². The largest absolute Gasteiger partial charge is 0.490 e. The minimum Gasteiger partial charge on any atom is -0.390 e. The van der Waals surface area contributed by atoms with Gasteiger partial charge < -0.3 is 46.2 Å². The summed E-state index contributed by atoms with van der Waals surface area (Å²) in [6.45, 7) is -0.803. The second-order valence-corrected chi connectivity index (χ2v) is 11.6. The minimum atomic E-state index is -5.72. The molecule has 0 spiro atoms. The Morgan fingerprint density at radius 2 is 1.92 bits per heavy atom. The lowest BCUT2D eigenvalue weighted by Crippen LogP contribution is -2.29. The highest BCUT2D eigenvalue weighted by atomic mass is 31.3. The lowest BCUT2D eigenvalue weighted by Gasteiger charge is -2.19. The van der Waals surface area contributed by atoms with Crippen LogP contribution in [0.3, 0.4) is 0 Å². The molecule has 2 heterocycles. The summed E-state index contributed by atoms with van der Waals surface area (Å²) in [6.07, 6.45) is -2.86. The number of phosphoric acid groups is 3. The molecule has 1 amide bonds. The summed E-state index contributed by atoms with van der Waals surface area (Å²) >= 11 is 0. The van der Waals surface area contributed by atoms with Crippen molar-refractivity contribution in [2.24, 2.45) is 5.73 Å². The third-order valence-electron chi connectivity index (χ3n) is 4.28. The summed E-state index contributed by atoms with van der Waals surface area (Å²) < 4.78 is 51.9. The number of aromatic nitrogens is 2. The molecule has 1 aliphatic heterocycles. The molecule has 1 aliphatic rings. The first-order chi connectivity index (χ1) is 17.0. The first kappa shape index (κ1) is 31.2. The van der Waals surface area contributed by atoms with E-state index in [-0.39, 0.29) is 43.2 Å². The normalized spacial score (nSPS) is 22.9. The van der Waals surface area contributed by atoms with Crippen molar-refractivity contribution in [2.45, 2.75) is 31.3 Å². The predicted molar refractivity (Wildman–Crippen MR) is 121 cm³/mol. The van der Waals surface area contributed by atoms with Crippen LogP contribution in [0, 0.1) is 11.8 Å². The number of nitrogens with two attached hydrogens (primary N) is 2. The molecule has 37 heavy (non-hydrogen) atoms. The Morgan fingerprint density at radius 1 is 1.24 bits per heavy atom. The molecule has 0 bridgehead atoms. The highest BCUT2D eigenvalue weighted by Gasteiger charge is 2.43. The van der Waals surface area contributed by atoms with Crippen LogP contribution in [0.2, 0.25) is 0 Å². The van der Waals surface area contributed by atoms with Crippen LogP contribution in [0.1, 0.15) is 24.6 Å². The van der Waals surface area contributed by atoms with Gasteiger partial charge in [-0.3, -0.25) is 13.9 Å². The first-order valence-corrected chi connectivity index (χ1v) is 14.5. The van der Waals surface area contributed by atoms with Gasteiger partial charge in [-0.25, -0.2) is 18.5 Å². The van der Waals surface area contributed by atoms with E-state index in [9.17, 15) is 33.3 Å². The number of amides is 1. The number of rotatable bonds is 11. The van der Waals surface area contributed by atoms with E-state index in [2.05, 4.69) is 35.3 Å². The Morgan fingerprint density at radius 3 is 2.54 bits per heavy atom. The molecule has 1 aromatic heterocycles. The van der Waals surface area contributed by atoms with E-state index >= 15 is 0 Å². The summed E-state index contributed by atoms with van der Waals surface area (Å²) in [5, 5.41) is 12.7. The van der Waals surface area contributed by atoms with Crippen LogP contribution in [-0.4, -0.2) is 72.0 Å². The van der Waals surface area contributed by atoms with Crippen LogP contribution >= 0.6 is 23.5 Å². The van der Waals surface area contributed by atoms with Crippen molar-refractivity contribution >= 4 is 35.2 Å². The number of hydrogen-bond acceptors (Lipinski definition) is 13. The van der Waals surface area contributed by atoms with Gasteiger partial charge in [0.25, 0.3) is 0 Å². The average Bonchev–Trinajstić information content (AvgIpc) is 3.09. The topological polar surface area (TPSA) is 305 Å². The van der Waals surface area contributed by atoms with Crippen molar-refractivity contribution in [1.82, 2.24) is 14.9 Å². The molecule has 0 saturated carbocycles. The highest BCUT2D eigenvalue weighted by Crippen LogP contribution is 2.66. The fraction of sp³-hybridized carbons (Fsp3) is 0.533. The maximum absolute atomic E-state index is 12.3.